The maximum absolute atomic E-state index is 12.7. The van der Waals surface area contributed by atoms with Crippen LogP contribution in [0.2, 0.25) is 0 Å². The molecule has 1 aliphatic heterocycles. The van der Waals surface area contributed by atoms with Gasteiger partial charge in [0.05, 0.1) is 0 Å². The van der Waals surface area contributed by atoms with E-state index in [0.717, 1.165) is 38.5 Å². The van der Waals surface area contributed by atoms with Crippen LogP contribution < -0.4 is 5.32 Å². The van der Waals surface area contributed by atoms with Crippen molar-refractivity contribution >= 4 is 11.8 Å². The van der Waals surface area contributed by atoms with Crippen LogP contribution in [-0.4, -0.2) is 34.8 Å². The minimum Gasteiger partial charge on any atom is -0.340 e. The first-order valence-corrected chi connectivity index (χ1v) is 7.31. The molecule has 3 fully saturated rings. The topological polar surface area (TPSA) is 49.4 Å². The second kappa shape index (κ2) is 4.25. The highest BCUT2D eigenvalue weighted by atomic mass is 16.2. The minimum atomic E-state index is -0.559. The van der Waals surface area contributed by atoms with Crippen LogP contribution in [0.5, 0.6) is 0 Å². The number of nitrogens with zero attached hydrogens (tertiary/aromatic N) is 1. The second-order valence-electron chi connectivity index (χ2n) is 6.01. The maximum atomic E-state index is 12.7. The Morgan fingerprint density at radius 3 is 2.44 bits per heavy atom. The SMILES string of the molecule is CCN1C(=O)C2(CCCCC2)NC(=O)C1C1CC1. The zero-order valence-corrected chi connectivity index (χ0v) is 11.1. The summed E-state index contributed by atoms with van der Waals surface area (Å²) < 4.78 is 0. The normalized spacial score (nSPS) is 31.6. The first kappa shape index (κ1) is 12.0. The van der Waals surface area contributed by atoms with Crippen LogP contribution in [0, 0.1) is 5.92 Å². The third-order valence-electron chi connectivity index (χ3n) is 4.75. The van der Waals surface area contributed by atoms with Gasteiger partial charge in [0.15, 0.2) is 0 Å². The van der Waals surface area contributed by atoms with E-state index in [-0.39, 0.29) is 17.9 Å². The number of hydrogen-bond donors (Lipinski definition) is 1. The molecule has 1 unspecified atom stereocenters. The molecule has 2 saturated carbocycles. The van der Waals surface area contributed by atoms with Crippen LogP contribution in [0.3, 0.4) is 0 Å². The van der Waals surface area contributed by atoms with E-state index in [1.54, 1.807) is 0 Å². The lowest BCUT2D eigenvalue weighted by Crippen LogP contribution is -2.71. The van der Waals surface area contributed by atoms with Crippen LogP contribution in [-0.2, 0) is 9.59 Å². The van der Waals surface area contributed by atoms with Gasteiger partial charge in [-0.15, -0.1) is 0 Å². The van der Waals surface area contributed by atoms with Gasteiger partial charge in [-0.3, -0.25) is 9.59 Å². The lowest BCUT2D eigenvalue weighted by atomic mass is 9.78. The lowest BCUT2D eigenvalue weighted by molar-refractivity contribution is -0.157. The van der Waals surface area contributed by atoms with E-state index in [4.69, 9.17) is 0 Å². The lowest BCUT2D eigenvalue weighted by Gasteiger charge is -2.47. The molecule has 0 bridgehead atoms. The highest BCUT2D eigenvalue weighted by Gasteiger charge is 2.54. The smallest absolute Gasteiger partial charge is 0.249 e. The Hall–Kier alpha value is -1.06. The molecule has 0 radical (unpaired) electrons. The Morgan fingerprint density at radius 1 is 1.22 bits per heavy atom. The molecule has 1 saturated heterocycles. The van der Waals surface area contributed by atoms with Gasteiger partial charge in [0.25, 0.3) is 0 Å². The van der Waals surface area contributed by atoms with Crippen molar-refractivity contribution in [1.82, 2.24) is 10.2 Å². The van der Waals surface area contributed by atoms with E-state index in [2.05, 4.69) is 5.32 Å². The predicted octanol–water partition coefficient (Wildman–Crippen LogP) is 1.45. The van der Waals surface area contributed by atoms with Crippen molar-refractivity contribution in [2.24, 2.45) is 5.92 Å². The third-order valence-corrected chi connectivity index (χ3v) is 4.75. The van der Waals surface area contributed by atoms with Crippen molar-refractivity contribution in [2.75, 3.05) is 6.54 Å². The molecule has 0 aromatic carbocycles. The Kier molecular flexibility index (Phi) is 2.83. The Balaban J connectivity index is 1.87. The van der Waals surface area contributed by atoms with Gasteiger partial charge >= 0.3 is 0 Å². The third kappa shape index (κ3) is 1.73. The Labute approximate surface area is 108 Å². The van der Waals surface area contributed by atoms with Gasteiger partial charge < -0.3 is 10.2 Å². The summed E-state index contributed by atoms with van der Waals surface area (Å²) in [5, 5.41) is 3.09. The summed E-state index contributed by atoms with van der Waals surface area (Å²) in [5.41, 5.74) is -0.559. The molecule has 2 aliphatic carbocycles. The van der Waals surface area contributed by atoms with Crippen LogP contribution in [0.1, 0.15) is 51.9 Å². The molecular formula is C14H22N2O2. The van der Waals surface area contributed by atoms with Crippen molar-refractivity contribution in [1.29, 1.82) is 0 Å². The highest BCUT2D eigenvalue weighted by molar-refractivity contribution is 6.00. The summed E-state index contributed by atoms with van der Waals surface area (Å²) in [7, 11) is 0. The summed E-state index contributed by atoms with van der Waals surface area (Å²) in [6.45, 7) is 2.65. The van der Waals surface area contributed by atoms with Crippen LogP contribution in [0.25, 0.3) is 0 Å². The number of nitrogens with one attached hydrogen (secondary N) is 1. The average Bonchev–Trinajstić information content (AvgIpc) is 3.19. The van der Waals surface area contributed by atoms with Gasteiger partial charge in [-0.25, -0.2) is 0 Å². The molecule has 1 heterocycles. The summed E-state index contributed by atoms with van der Waals surface area (Å²) in [6.07, 6.45) is 7.12. The van der Waals surface area contributed by atoms with Gasteiger partial charge in [-0.05, 0) is 38.5 Å². The van der Waals surface area contributed by atoms with Crippen molar-refractivity contribution < 1.29 is 9.59 Å². The zero-order chi connectivity index (χ0) is 12.8. The molecule has 1 N–H and O–H groups in total. The van der Waals surface area contributed by atoms with E-state index in [1.807, 2.05) is 11.8 Å². The van der Waals surface area contributed by atoms with Crippen molar-refractivity contribution in [3.63, 3.8) is 0 Å². The molecule has 4 heteroatoms. The fraction of sp³-hybridized carbons (Fsp3) is 0.857. The van der Waals surface area contributed by atoms with E-state index in [0.29, 0.717) is 12.5 Å². The minimum absolute atomic E-state index is 0.0980. The predicted molar refractivity (Wildman–Crippen MR) is 67.9 cm³/mol. The number of carbonyl (C=O) groups is 2. The number of likely N-dealkylation sites (N-methyl/N-ethyl adjacent to an activating group) is 1. The van der Waals surface area contributed by atoms with Crippen LogP contribution in [0.4, 0.5) is 0 Å². The zero-order valence-electron chi connectivity index (χ0n) is 11.1. The molecule has 4 nitrogen and oxygen atoms in total. The van der Waals surface area contributed by atoms with E-state index < -0.39 is 5.54 Å². The van der Waals surface area contributed by atoms with Crippen LogP contribution >= 0.6 is 0 Å². The second-order valence-corrected chi connectivity index (χ2v) is 6.01. The summed E-state index contributed by atoms with van der Waals surface area (Å²) in [6, 6.07) is -0.185. The quantitative estimate of drug-likeness (QED) is 0.806. The summed E-state index contributed by atoms with van der Waals surface area (Å²) >= 11 is 0. The van der Waals surface area contributed by atoms with E-state index in [9.17, 15) is 9.59 Å². The van der Waals surface area contributed by atoms with Crippen LogP contribution in [0.15, 0.2) is 0 Å². The molecule has 3 aliphatic rings. The fourth-order valence-electron chi connectivity index (χ4n) is 3.62. The molecule has 100 valence electrons. The number of rotatable bonds is 2. The Bertz CT molecular complexity index is 370. The van der Waals surface area contributed by atoms with Gasteiger partial charge in [0.1, 0.15) is 11.6 Å². The van der Waals surface area contributed by atoms with E-state index in [1.165, 1.54) is 6.42 Å². The first-order valence-electron chi connectivity index (χ1n) is 7.31. The number of hydrogen-bond acceptors (Lipinski definition) is 2. The van der Waals surface area contributed by atoms with Gasteiger partial charge in [0.2, 0.25) is 11.8 Å². The van der Waals surface area contributed by atoms with Crippen molar-refractivity contribution in [2.45, 2.75) is 63.5 Å². The van der Waals surface area contributed by atoms with Crippen molar-refractivity contribution in [3.05, 3.63) is 0 Å². The average molecular weight is 250 g/mol. The molecule has 18 heavy (non-hydrogen) atoms. The summed E-state index contributed by atoms with van der Waals surface area (Å²) in [4.78, 5) is 26.9. The highest BCUT2D eigenvalue weighted by Crippen LogP contribution is 2.40. The molecule has 2 amide bonds. The molecular weight excluding hydrogens is 228 g/mol. The monoisotopic (exact) mass is 250 g/mol. The van der Waals surface area contributed by atoms with Gasteiger partial charge in [0, 0.05) is 6.54 Å². The number of carbonyl (C=O) groups excluding carboxylic acids is 2. The molecule has 1 atom stereocenters. The molecule has 0 aromatic heterocycles. The largest absolute Gasteiger partial charge is 0.340 e. The summed E-state index contributed by atoms with van der Waals surface area (Å²) in [5.74, 6) is 0.692. The fourth-order valence-corrected chi connectivity index (χ4v) is 3.62. The number of amides is 2. The van der Waals surface area contributed by atoms with Gasteiger partial charge in [-0.2, -0.15) is 0 Å². The first-order chi connectivity index (χ1) is 8.68. The molecule has 3 rings (SSSR count). The molecule has 1 spiro atoms. The Morgan fingerprint density at radius 2 is 1.89 bits per heavy atom. The van der Waals surface area contributed by atoms with E-state index >= 15 is 0 Å². The number of piperazine rings is 1. The molecule has 0 aromatic rings. The van der Waals surface area contributed by atoms with Gasteiger partial charge in [-0.1, -0.05) is 19.3 Å². The van der Waals surface area contributed by atoms with Crippen molar-refractivity contribution in [3.8, 4) is 0 Å². The standard InChI is InChI=1S/C14H22N2O2/c1-2-16-11(10-6-7-10)12(17)15-14(13(16)18)8-4-3-5-9-14/h10-11H,2-9H2,1H3,(H,15,17). The maximum Gasteiger partial charge on any atom is 0.249 e.